The number of anilines is 2. The van der Waals surface area contributed by atoms with E-state index >= 15 is 0 Å². The van der Waals surface area contributed by atoms with Crippen LogP contribution in [-0.2, 0) is 9.53 Å². The number of pyridine rings is 1. The molecule has 4 rings (SSSR count). The molecular weight excluding hydrogens is 522 g/mol. The SMILES string of the molecule is [C-]#[N+]c1cc2c(Oc3ccc(NC(=O)Nc4ccc(F)cc4)c(F)c3)ccnc2cc1OCCCC(=O)OCC. The molecule has 4 aromatic rings. The highest BCUT2D eigenvalue weighted by Gasteiger charge is 2.14. The molecule has 204 valence electrons. The maximum atomic E-state index is 14.8. The van der Waals surface area contributed by atoms with E-state index in [0.29, 0.717) is 41.1 Å². The Bertz CT molecular complexity index is 1570. The van der Waals surface area contributed by atoms with Gasteiger partial charge in [-0.25, -0.2) is 18.4 Å². The van der Waals surface area contributed by atoms with Gasteiger partial charge in [-0.05, 0) is 67.9 Å². The summed E-state index contributed by atoms with van der Waals surface area (Å²) in [6, 6.07) is 13.1. The molecular formula is C29H24F2N4O5. The molecule has 0 saturated heterocycles. The predicted octanol–water partition coefficient (Wildman–Crippen LogP) is 7.22. The number of urea groups is 1. The standard InChI is InChI=1S/C29H24F2N4O5/c1-3-38-28(36)5-4-14-39-27-17-24-21(16-25(27)32-2)26(12-13-33-24)40-20-10-11-23(22(31)15-20)35-29(37)34-19-8-6-18(30)7-9-19/h6-13,15-17H,3-5,14H2,1H3,(H2,34,35,37). The average molecular weight is 547 g/mol. The lowest BCUT2D eigenvalue weighted by Crippen LogP contribution is -2.20. The van der Waals surface area contributed by atoms with Crippen molar-refractivity contribution in [3.05, 3.63) is 89.9 Å². The summed E-state index contributed by atoms with van der Waals surface area (Å²) in [5, 5.41) is 5.38. The Balaban J connectivity index is 1.45. The van der Waals surface area contributed by atoms with Crippen molar-refractivity contribution in [2.75, 3.05) is 23.8 Å². The molecule has 9 nitrogen and oxygen atoms in total. The molecule has 2 N–H and O–H groups in total. The monoisotopic (exact) mass is 546 g/mol. The van der Waals surface area contributed by atoms with Crippen molar-refractivity contribution in [2.24, 2.45) is 0 Å². The Morgan fingerprint density at radius 2 is 1.80 bits per heavy atom. The lowest BCUT2D eigenvalue weighted by atomic mass is 10.1. The van der Waals surface area contributed by atoms with Crippen LogP contribution in [0, 0.1) is 18.2 Å². The number of fused-ring (bicyclic) bond motifs is 1. The number of hydrogen-bond acceptors (Lipinski definition) is 6. The first kappa shape index (κ1) is 27.8. The fourth-order valence-electron chi connectivity index (χ4n) is 3.67. The van der Waals surface area contributed by atoms with Crippen LogP contribution in [-0.4, -0.2) is 30.2 Å². The first-order chi connectivity index (χ1) is 19.4. The van der Waals surface area contributed by atoms with E-state index in [4.69, 9.17) is 20.8 Å². The van der Waals surface area contributed by atoms with Crippen LogP contribution in [0.4, 0.5) is 30.6 Å². The smallest absolute Gasteiger partial charge is 0.323 e. The van der Waals surface area contributed by atoms with E-state index in [1.807, 2.05) is 0 Å². The van der Waals surface area contributed by atoms with Gasteiger partial charge in [-0.2, -0.15) is 0 Å². The van der Waals surface area contributed by atoms with E-state index in [9.17, 15) is 18.4 Å². The highest BCUT2D eigenvalue weighted by molar-refractivity contribution is 5.99. The van der Waals surface area contributed by atoms with Crippen molar-refractivity contribution in [2.45, 2.75) is 19.8 Å². The van der Waals surface area contributed by atoms with E-state index < -0.39 is 17.7 Å². The molecule has 0 aliphatic rings. The Kier molecular flexibility index (Phi) is 9.04. The van der Waals surface area contributed by atoms with Gasteiger partial charge in [0, 0.05) is 29.8 Å². The number of esters is 1. The summed E-state index contributed by atoms with van der Waals surface area (Å²) >= 11 is 0. The molecule has 0 fully saturated rings. The molecule has 2 amide bonds. The fourth-order valence-corrected chi connectivity index (χ4v) is 3.67. The number of rotatable bonds is 10. The molecule has 0 bridgehead atoms. The summed E-state index contributed by atoms with van der Waals surface area (Å²) in [4.78, 5) is 31.5. The Morgan fingerprint density at radius 1 is 1.00 bits per heavy atom. The van der Waals surface area contributed by atoms with Crippen molar-refractivity contribution < 1.29 is 32.6 Å². The fraction of sp³-hybridized carbons (Fsp3) is 0.172. The molecule has 11 heteroatoms. The zero-order chi connectivity index (χ0) is 28.5. The Hall–Kier alpha value is -5.24. The largest absolute Gasteiger partial charge is 0.505 e. The van der Waals surface area contributed by atoms with Gasteiger partial charge < -0.3 is 24.8 Å². The van der Waals surface area contributed by atoms with Crippen molar-refractivity contribution in [3.63, 3.8) is 0 Å². The number of halogens is 2. The summed E-state index contributed by atoms with van der Waals surface area (Å²) in [7, 11) is 0. The van der Waals surface area contributed by atoms with Gasteiger partial charge in [-0.3, -0.25) is 9.78 Å². The van der Waals surface area contributed by atoms with E-state index in [0.717, 1.165) is 6.07 Å². The second-order valence-corrected chi connectivity index (χ2v) is 8.34. The van der Waals surface area contributed by atoms with Gasteiger partial charge in [-0.1, -0.05) is 0 Å². The van der Waals surface area contributed by atoms with E-state index in [1.54, 1.807) is 25.1 Å². The van der Waals surface area contributed by atoms with Crippen LogP contribution in [0.3, 0.4) is 0 Å². The predicted molar refractivity (Wildman–Crippen MR) is 145 cm³/mol. The third-order valence-electron chi connectivity index (χ3n) is 5.51. The van der Waals surface area contributed by atoms with Gasteiger partial charge >= 0.3 is 12.0 Å². The van der Waals surface area contributed by atoms with Crippen molar-refractivity contribution in [1.82, 2.24) is 4.98 Å². The van der Waals surface area contributed by atoms with Crippen molar-refractivity contribution >= 4 is 40.0 Å². The molecule has 0 aliphatic heterocycles. The van der Waals surface area contributed by atoms with Crippen LogP contribution in [0.5, 0.6) is 17.2 Å². The maximum absolute atomic E-state index is 14.8. The minimum absolute atomic E-state index is 0.0911. The van der Waals surface area contributed by atoms with E-state index in [1.165, 1.54) is 42.6 Å². The summed E-state index contributed by atoms with van der Waals surface area (Å²) < 4.78 is 44.3. The molecule has 0 atom stereocenters. The number of hydrogen-bond donors (Lipinski definition) is 2. The van der Waals surface area contributed by atoms with Crippen LogP contribution >= 0.6 is 0 Å². The molecule has 1 heterocycles. The Labute approximate surface area is 228 Å². The van der Waals surface area contributed by atoms with E-state index in [2.05, 4.69) is 20.5 Å². The summed E-state index contributed by atoms with van der Waals surface area (Å²) in [5.41, 5.74) is 0.959. The maximum Gasteiger partial charge on any atom is 0.323 e. The summed E-state index contributed by atoms with van der Waals surface area (Å²) in [6.45, 7) is 9.81. The van der Waals surface area contributed by atoms with Gasteiger partial charge in [0.15, 0.2) is 0 Å². The molecule has 40 heavy (non-hydrogen) atoms. The van der Waals surface area contributed by atoms with Crippen molar-refractivity contribution in [3.8, 4) is 17.2 Å². The molecule has 0 radical (unpaired) electrons. The zero-order valence-corrected chi connectivity index (χ0v) is 21.4. The molecule has 0 unspecified atom stereocenters. The third-order valence-corrected chi connectivity index (χ3v) is 5.51. The minimum atomic E-state index is -0.745. The Morgan fingerprint density at radius 3 is 2.52 bits per heavy atom. The molecule has 0 aliphatic carbocycles. The number of nitrogens with one attached hydrogen (secondary N) is 2. The highest BCUT2D eigenvalue weighted by Crippen LogP contribution is 2.38. The van der Waals surface area contributed by atoms with Gasteiger partial charge in [0.2, 0.25) is 5.69 Å². The van der Waals surface area contributed by atoms with E-state index in [-0.39, 0.29) is 36.1 Å². The quantitative estimate of drug-likeness (QED) is 0.124. The van der Waals surface area contributed by atoms with Crippen LogP contribution in [0.1, 0.15) is 19.8 Å². The number of nitrogens with zero attached hydrogens (tertiary/aromatic N) is 2. The molecule has 0 saturated carbocycles. The van der Waals surface area contributed by atoms with Crippen LogP contribution in [0.25, 0.3) is 15.7 Å². The topological polar surface area (TPSA) is 103 Å². The van der Waals surface area contributed by atoms with Gasteiger partial charge in [0.1, 0.15) is 28.9 Å². The number of carbonyl (C=O) groups is 2. The van der Waals surface area contributed by atoms with Gasteiger partial charge in [0.05, 0.1) is 31.0 Å². The number of amides is 2. The summed E-state index contributed by atoms with van der Waals surface area (Å²) in [5.74, 6) is -0.707. The normalized spacial score (nSPS) is 10.4. The number of aromatic nitrogens is 1. The van der Waals surface area contributed by atoms with Crippen LogP contribution < -0.4 is 20.1 Å². The minimum Gasteiger partial charge on any atom is -0.505 e. The first-order valence-electron chi connectivity index (χ1n) is 12.3. The lowest BCUT2D eigenvalue weighted by molar-refractivity contribution is -0.143. The number of ether oxygens (including phenoxy) is 3. The molecule has 1 aromatic heterocycles. The molecule has 3 aromatic carbocycles. The average Bonchev–Trinajstić information content (AvgIpc) is 2.94. The second kappa shape index (κ2) is 13.0. The highest BCUT2D eigenvalue weighted by atomic mass is 19.1. The van der Waals surface area contributed by atoms with Gasteiger partial charge in [-0.15, -0.1) is 0 Å². The first-order valence-corrected chi connectivity index (χ1v) is 12.3. The number of carbonyl (C=O) groups excluding carboxylic acids is 2. The molecule has 0 spiro atoms. The van der Waals surface area contributed by atoms with Crippen LogP contribution in [0.2, 0.25) is 0 Å². The zero-order valence-electron chi connectivity index (χ0n) is 21.4. The third kappa shape index (κ3) is 7.20. The van der Waals surface area contributed by atoms with Gasteiger partial charge in [0.25, 0.3) is 0 Å². The summed E-state index contributed by atoms with van der Waals surface area (Å²) in [6.07, 6.45) is 2.13. The number of benzene rings is 3. The lowest BCUT2D eigenvalue weighted by Gasteiger charge is -2.13. The second-order valence-electron chi connectivity index (χ2n) is 8.34. The van der Waals surface area contributed by atoms with Crippen LogP contribution in [0.15, 0.2) is 66.9 Å². The van der Waals surface area contributed by atoms with Crippen molar-refractivity contribution in [1.29, 1.82) is 0 Å².